The monoisotopic (exact) mass is 351 g/mol. The van der Waals surface area contributed by atoms with Gasteiger partial charge < -0.3 is 10.2 Å². The van der Waals surface area contributed by atoms with Crippen molar-refractivity contribution in [3.8, 4) is 0 Å². The highest BCUT2D eigenvalue weighted by molar-refractivity contribution is 14.0. The highest BCUT2D eigenvalue weighted by atomic mass is 127. The molecular formula is C13H26IN3. The molecule has 0 aromatic heterocycles. The molecule has 0 spiro atoms. The van der Waals surface area contributed by atoms with Gasteiger partial charge in [-0.15, -0.1) is 24.0 Å². The molecule has 0 unspecified atom stereocenters. The van der Waals surface area contributed by atoms with Crippen LogP contribution in [0.4, 0.5) is 0 Å². The Bertz CT molecular complexity index is 306. The molecule has 3 nitrogen and oxygen atoms in total. The fourth-order valence-electron chi connectivity index (χ4n) is 2.25. The van der Waals surface area contributed by atoms with Gasteiger partial charge >= 0.3 is 0 Å². The van der Waals surface area contributed by atoms with Crippen molar-refractivity contribution in [2.24, 2.45) is 16.3 Å². The first-order valence-electron chi connectivity index (χ1n) is 6.37. The predicted octanol–water partition coefficient (Wildman–Crippen LogP) is 2.71. The Kier molecular flexibility index (Phi) is 4.37. The summed E-state index contributed by atoms with van der Waals surface area (Å²) in [5.41, 5.74) is 0.586. The Morgan fingerprint density at radius 2 is 1.88 bits per heavy atom. The Balaban J connectivity index is 0.00000144. The van der Waals surface area contributed by atoms with Crippen molar-refractivity contribution >= 4 is 29.9 Å². The molecule has 0 radical (unpaired) electrons. The van der Waals surface area contributed by atoms with Crippen LogP contribution in [0.2, 0.25) is 0 Å². The van der Waals surface area contributed by atoms with Crippen molar-refractivity contribution in [1.82, 2.24) is 10.2 Å². The minimum atomic E-state index is 0. The molecule has 0 amide bonds. The van der Waals surface area contributed by atoms with Crippen molar-refractivity contribution in [3.05, 3.63) is 0 Å². The van der Waals surface area contributed by atoms with Crippen LogP contribution in [0.3, 0.4) is 0 Å². The van der Waals surface area contributed by atoms with Gasteiger partial charge in [0, 0.05) is 31.1 Å². The quantitative estimate of drug-likeness (QED) is 0.471. The fraction of sp³-hybridized carbons (Fsp3) is 0.923. The molecule has 1 aliphatic heterocycles. The zero-order valence-electron chi connectivity index (χ0n) is 11.7. The van der Waals surface area contributed by atoms with E-state index < -0.39 is 0 Å². The molecule has 2 rings (SSSR count). The SMILES string of the molecule is CN=C(NCC1CC1)N1CC(C)(C)C1(C)C.I. The van der Waals surface area contributed by atoms with Crippen LogP contribution in [0.15, 0.2) is 4.99 Å². The molecular weight excluding hydrogens is 325 g/mol. The summed E-state index contributed by atoms with van der Waals surface area (Å²) in [7, 11) is 1.89. The lowest BCUT2D eigenvalue weighted by molar-refractivity contribution is -0.0667. The van der Waals surface area contributed by atoms with Gasteiger partial charge in [-0.1, -0.05) is 13.8 Å². The average Bonchev–Trinajstić information content (AvgIpc) is 3.00. The Labute approximate surface area is 122 Å². The second-order valence-corrected chi connectivity index (χ2v) is 6.40. The molecule has 0 bridgehead atoms. The van der Waals surface area contributed by atoms with Gasteiger partial charge in [0.1, 0.15) is 0 Å². The number of rotatable bonds is 2. The van der Waals surface area contributed by atoms with Crippen LogP contribution in [0.25, 0.3) is 0 Å². The van der Waals surface area contributed by atoms with Crippen LogP contribution in [-0.4, -0.2) is 36.5 Å². The van der Waals surface area contributed by atoms with Crippen LogP contribution in [0.5, 0.6) is 0 Å². The summed E-state index contributed by atoms with van der Waals surface area (Å²) in [6.45, 7) is 11.5. The fourth-order valence-corrected chi connectivity index (χ4v) is 2.25. The molecule has 0 aromatic rings. The van der Waals surface area contributed by atoms with Crippen LogP contribution < -0.4 is 5.32 Å². The standard InChI is InChI=1S/C13H25N3.HI/c1-12(2)9-16(13(12,3)4)11(14-5)15-8-10-6-7-10;/h10H,6-9H2,1-5H3,(H,14,15);1H. The minimum absolute atomic E-state index is 0. The van der Waals surface area contributed by atoms with E-state index in [2.05, 4.69) is 42.9 Å². The van der Waals surface area contributed by atoms with E-state index in [0.29, 0.717) is 5.41 Å². The van der Waals surface area contributed by atoms with Crippen molar-refractivity contribution < 1.29 is 0 Å². The zero-order valence-corrected chi connectivity index (χ0v) is 14.0. The first-order chi connectivity index (χ1) is 7.38. The summed E-state index contributed by atoms with van der Waals surface area (Å²) >= 11 is 0. The molecule has 2 fully saturated rings. The topological polar surface area (TPSA) is 27.6 Å². The summed E-state index contributed by atoms with van der Waals surface area (Å²) in [4.78, 5) is 6.80. The minimum Gasteiger partial charge on any atom is -0.356 e. The zero-order chi connectivity index (χ0) is 12.0. The predicted molar refractivity (Wildman–Crippen MR) is 84.1 cm³/mol. The van der Waals surface area contributed by atoms with Crippen molar-refractivity contribution in [3.63, 3.8) is 0 Å². The molecule has 17 heavy (non-hydrogen) atoms. The molecule has 100 valence electrons. The molecule has 1 N–H and O–H groups in total. The van der Waals surface area contributed by atoms with Crippen LogP contribution in [-0.2, 0) is 0 Å². The number of halogens is 1. The number of guanidine groups is 1. The van der Waals surface area contributed by atoms with Gasteiger partial charge in [-0.3, -0.25) is 4.99 Å². The van der Waals surface area contributed by atoms with Gasteiger partial charge in [0.05, 0.1) is 0 Å². The number of nitrogens with zero attached hydrogens (tertiary/aromatic N) is 2. The first kappa shape index (κ1) is 15.1. The Morgan fingerprint density at radius 3 is 2.24 bits per heavy atom. The third-order valence-electron chi connectivity index (χ3n) is 4.60. The number of nitrogens with one attached hydrogen (secondary N) is 1. The van der Waals surface area contributed by atoms with Gasteiger partial charge in [0.25, 0.3) is 0 Å². The van der Waals surface area contributed by atoms with Crippen LogP contribution in [0, 0.1) is 11.3 Å². The van der Waals surface area contributed by atoms with Crippen molar-refractivity contribution in [1.29, 1.82) is 0 Å². The lowest BCUT2D eigenvalue weighted by Gasteiger charge is -2.62. The molecule has 2 aliphatic rings. The third-order valence-corrected chi connectivity index (χ3v) is 4.60. The highest BCUT2D eigenvalue weighted by Crippen LogP contribution is 2.46. The van der Waals surface area contributed by atoms with Crippen molar-refractivity contribution in [2.45, 2.75) is 46.1 Å². The molecule has 1 heterocycles. The Hall–Kier alpha value is 0. The van der Waals surface area contributed by atoms with Crippen LogP contribution in [0.1, 0.15) is 40.5 Å². The lowest BCUT2D eigenvalue weighted by atomic mass is 9.65. The molecule has 0 aromatic carbocycles. The van der Waals surface area contributed by atoms with E-state index in [-0.39, 0.29) is 29.5 Å². The van der Waals surface area contributed by atoms with E-state index in [1.165, 1.54) is 12.8 Å². The maximum atomic E-state index is 4.40. The smallest absolute Gasteiger partial charge is 0.194 e. The maximum absolute atomic E-state index is 4.40. The molecule has 1 saturated heterocycles. The van der Waals surface area contributed by atoms with Gasteiger partial charge in [-0.25, -0.2) is 0 Å². The van der Waals surface area contributed by atoms with E-state index in [4.69, 9.17) is 0 Å². The van der Waals surface area contributed by atoms with Gasteiger partial charge in [-0.05, 0) is 32.6 Å². The maximum Gasteiger partial charge on any atom is 0.194 e. The van der Waals surface area contributed by atoms with Gasteiger partial charge in [0.2, 0.25) is 0 Å². The lowest BCUT2D eigenvalue weighted by Crippen LogP contribution is -2.72. The summed E-state index contributed by atoms with van der Waals surface area (Å²) in [6, 6.07) is 0. The molecule has 1 aliphatic carbocycles. The van der Waals surface area contributed by atoms with E-state index >= 15 is 0 Å². The average molecular weight is 351 g/mol. The number of likely N-dealkylation sites (tertiary alicyclic amines) is 1. The largest absolute Gasteiger partial charge is 0.356 e. The first-order valence-corrected chi connectivity index (χ1v) is 6.37. The molecule has 0 atom stereocenters. The van der Waals surface area contributed by atoms with E-state index in [9.17, 15) is 0 Å². The second-order valence-electron chi connectivity index (χ2n) is 6.40. The van der Waals surface area contributed by atoms with Crippen molar-refractivity contribution in [2.75, 3.05) is 20.1 Å². The second kappa shape index (κ2) is 4.94. The van der Waals surface area contributed by atoms with Gasteiger partial charge in [-0.2, -0.15) is 0 Å². The molecule has 1 saturated carbocycles. The summed E-state index contributed by atoms with van der Waals surface area (Å²) in [5, 5.41) is 3.50. The van der Waals surface area contributed by atoms with E-state index in [1.54, 1.807) is 0 Å². The Morgan fingerprint density at radius 1 is 1.29 bits per heavy atom. The summed E-state index contributed by atoms with van der Waals surface area (Å²) in [5.74, 6) is 1.98. The number of aliphatic imine (C=N–C) groups is 1. The van der Waals surface area contributed by atoms with Gasteiger partial charge in [0.15, 0.2) is 5.96 Å². The summed E-state index contributed by atoms with van der Waals surface area (Å²) < 4.78 is 0. The van der Waals surface area contributed by atoms with E-state index in [0.717, 1.165) is 25.0 Å². The van der Waals surface area contributed by atoms with E-state index in [1.807, 2.05) is 7.05 Å². The number of hydrogen-bond acceptors (Lipinski definition) is 1. The third kappa shape index (κ3) is 2.71. The molecule has 4 heteroatoms. The summed E-state index contributed by atoms with van der Waals surface area (Å²) in [6.07, 6.45) is 2.78. The van der Waals surface area contributed by atoms with Crippen LogP contribution >= 0.6 is 24.0 Å². The number of hydrogen-bond donors (Lipinski definition) is 1. The normalized spacial score (nSPS) is 25.9. The highest BCUT2D eigenvalue weighted by Gasteiger charge is 2.53.